The third-order valence-corrected chi connectivity index (χ3v) is 13.6. The zero-order valence-electron chi connectivity index (χ0n) is 33.7. The van der Waals surface area contributed by atoms with Gasteiger partial charge in [0.1, 0.15) is 24.4 Å². The molecule has 0 aromatic rings. The molecule has 16 atom stereocenters. The fourth-order valence-corrected chi connectivity index (χ4v) is 10.2. The van der Waals surface area contributed by atoms with Gasteiger partial charge in [-0.25, -0.2) is 4.79 Å². The summed E-state index contributed by atoms with van der Waals surface area (Å²) in [6, 6.07) is 0. The lowest BCUT2D eigenvalue weighted by Gasteiger charge is -2.50. The van der Waals surface area contributed by atoms with Crippen LogP contribution in [0.4, 0.5) is 0 Å². The lowest BCUT2D eigenvalue weighted by atomic mass is 9.82. The molecule has 0 amide bonds. The van der Waals surface area contributed by atoms with Crippen molar-refractivity contribution in [3.63, 3.8) is 0 Å². The number of aliphatic hydroxyl groups excluding tert-OH is 3. The van der Waals surface area contributed by atoms with Crippen LogP contribution in [0.3, 0.4) is 0 Å². The fourth-order valence-electron chi connectivity index (χ4n) is 10.2. The minimum atomic E-state index is -1.96. The lowest BCUT2D eigenvalue weighted by Crippen LogP contribution is -2.60. The van der Waals surface area contributed by atoms with Gasteiger partial charge in [0.15, 0.2) is 17.2 Å². The van der Waals surface area contributed by atoms with Crippen molar-refractivity contribution in [3.8, 4) is 0 Å². The fraction of sp³-hybridized carbons (Fsp3) is 0.837. The molecule has 0 bridgehead atoms. The quantitative estimate of drug-likeness (QED) is 0.187. The molecule has 0 aliphatic carbocycles. The van der Waals surface area contributed by atoms with Crippen LogP contribution in [0.25, 0.3) is 0 Å². The van der Waals surface area contributed by atoms with Gasteiger partial charge in [-0.05, 0) is 95.6 Å². The molecule has 13 heteroatoms. The zero-order chi connectivity index (χ0) is 40.0. The van der Waals surface area contributed by atoms with Crippen molar-refractivity contribution < 1.29 is 63.5 Å². The third-order valence-electron chi connectivity index (χ3n) is 13.6. The molecule has 316 valence electrons. The number of carboxylic acid groups (broad SMARTS) is 1. The van der Waals surface area contributed by atoms with Crippen LogP contribution in [0, 0.1) is 11.8 Å². The van der Waals surface area contributed by atoms with E-state index < -0.39 is 71.7 Å². The van der Waals surface area contributed by atoms with Crippen LogP contribution in [0.1, 0.15) is 124 Å². The van der Waals surface area contributed by atoms with Gasteiger partial charge in [-0.1, -0.05) is 38.2 Å². The van der Waals surface area contributed by atoms with Gasteiger partial charge in [-0.15, -0.1) is 0 Å². The van der Waals surface area contributed by atoms with E-state index in [-0.39, 0.29) is 36.6 Å². The molecule has 5 N–H and O–H groups in total. The number of fused-ring (bicyclic) bond motifs is 1. The Morgan fingerprint density at radius 1 is 0.964 bits per heavy atom. The van der Waals surface area contributed by atoms with Crippen LogP contribution in [0.2, 0.25) is 0 Å². The average molecular weight is 791 g/mol. The van der Waals surface area contributed by atoms with Crippen molar-refractivity contribution in [2.45, 2.75) is 208 Å². The summed E-state index contributed by atoms with van der Waals surface area (Å²) >= 11 is 0. The predicted molar refractivity (Wildman–Crippen MR) is 203 cm³/mol. The molecule has 0 radical (unpaired) electrons. The summed E-state index contributed by atoms with van der Waals surface area (Å²) in [6.07, 6.45) is 10.4. The van der Waals surface area contributed by atoms with Crippen LogP contribution < -0.4 is 0 Å². The first-order valence-corrected chi connectivity index (χ1v) is 21.3. The summed E-state index contributed by atoms with van der Waals surface area (Å²) in [6.45, 7) is 12.3. The van der Waals surface area contributed by atoms with E-state index in [2.05, 4.69) is 19.6 Å². The maximum Gasteiger partial charge on any atom is 0.335 e. The van der Waals surface area contributed by atoms with Gasteiger partial charge >= 0.3 is 5.97 Å². The summed E-state index contributed by atoms with van der Waals surface area (Å²) in [5, 5.41) is 53.9. The molecule has 7 aliphatic rings. The molecule has 7 heterocycles. The van der Waals surface area contributed by atoms with E-state index in [1.165, 1.54) is 6.92 Å². The second-order valence-corrected chi connectivity index (χ2v) is 18.3. The highest BCUT2D eigenvalue weighted by atomic mass is 16.7. The molecule has 7 rings (SSSR count). The Bertz CT molecular complexity index is 1470. The third kappa shape index (κ3) is 8.89. The molecule has 7 aliphatic heterocycles. The molecule has 0 aromatic carbocycles. The summed E-state index contributed by atoms with van der Waals surface area (Å²) in [5.41, 5.74) is -0.548. The minimum Gasteiger partial charge on any atom is -0.479 e. The summed E-state index contributed by atoms with van der Waals surface area (Å²) in [5.74, 6) is -4.11. The molecule has 0 aromatic heterocycles. The van der Waals surface area contributed by atoms with E-state index in [0.29, 0.717) is 50.5 Å². The number of aliphatic hydroxyl groups is 4. The van der Waals surface area contributed by atoms with Gasteiger partial charge in [0, 0.05) is 38.0 Å². The van der Waals surface area contributed by atoms with Crippen molar-refractivity contribution in [2.75, 3.05) is 6.61 Å². The molecule has 6 fully saturated rings. The Balaban J connectivity index is 0.915. The number of hydrogen-bond acceptors (Lipinski definition) is 12. The topological polar surface area (TPSA) is 183 Å². The van der Waals surface area contributed by atoms with E-state index in [4.69, 9.17) is 33.2 Å². The van der Waals surface area contributed by atoms with Gasteiger partial charge in [-0.3, -0.25) is 0 Å². The molecule has 6 saturated heterocycles. The normalized spacial score (nSPS) is 44.7. The first-order valence-electron chi connectivity index (χ1n) is 21.3. The van der Waals surface area contributed by atoms with Crippen LogP contribution in [-0.4, -0.2) is 122 Å². The maximum absolute atomic E-state index is 11.6. The average Bonchev–Trinajstić information content (AvgIpc) is 3.55. The number of carbonyl (C=O) groups is 1. The summed E-state index contributed by atoms with van der Waals surface area (Å²) in [7, 11) is 0. The standard InChI is InChI=1S/C43H66O13/c1-25-21-34(55-43(23-25)35(45)13-12-30(53-43)24-40(5,49)39(47)48)26(2)10-11-29-14-18-42(52-29)19-15-33-38(56-42)36(46)28(4)37(51-33)31(44)22-27(3)32-9-8-17-41(54-32)16-6-7-20-50-41/h10-11,23,26-27,29-38,44-46,49H,4,6-9,12-22,24H2,1-3,5H3,(H,47,48)/b11-10+/t26-,27+,29?,30?,31+,32?,33?,34+,35?,36-,37+,38-,40-,41+,42-,43-/m1/s1. The first kappa shape index (κ1) is 42.4. The van der Waals surface area contributed by atoms with E-state index in [1.54, 1.807) is 6.08 Å². The largest absolute Gasteiger partial charge is 0.479 e. The first-order chi connectivity index (χ1) is 26.5. The van der Waals surface area contributed by atoms with E-state index in [9.17, 15) is 30.3 Å². The van der Waals surface area contributed by atoms with Crippen LogP contribution in [0.5, 0.6) is 0 Å². The Kier molecular flexibility index (Phi) is 12.7. The highest BCUT2D eigenvalue weighted by molar-refractivity contribution is 5.76. The monoisotopic (exact) mass is 790 g/mol. The van der Waals surface area contributed by atoms with Crippen molar-refractivity contribution in [2.24, 2.45) is 11.8 Å². The summed E-state index contributed by atoms with van der Waals surface area (Å²) < 4.78 is 45.0. The summed E-state index contributed by atoms with van der Waals surface area (Å²) in [4.78, 5) is 11.6. The Labute approximate surface area is 331 Å². The van der Waals surface area contributed by atoms with Gasteiger partial charge in [0.05, 0.1) is 43.2 Å². The van der Waals surface area contributed by atoms with Crippen LogP contribution >= 0.6 is 0 Å². The van der Waals surface area contributed by atoms with Crippen LogP contribution in [-0.2, 0) is 38.0 Å². The number of rotatable bonds is 10. The van der Waals surface area contributed by atoms with Gasteiger partial charge in [0.2, 0.25) is 5.79 Å². The second-order valence-electron chi connectivity index (χ2n) is 18.3. The van der Waals surface area contributed by atoms with Crippen molar-refractivity contribution in [3.05, 3.63) is 36.0 Å². The van der Waals surface area contributed by atoms with E-state index in [0.717, 1.165) is 57.1 Å². The van der Waals surface area contributed by atoms with Crippen molar-refractivity contribution in [1.29, 1.82) is 0 Å². The highest BCUT2D eigenvalue weighted by Gasteiger charge is 2.54. The number of carboxylic acids is 1. The molecule has 0 saturated carbocycles. The van der Waals surface area contributed by atoms with Gasteiger partial charge in [-0.2, -0.15) is 0 Å². The molecular weight excluding hydrogens is 724 g/mol. The van der Waals surface area contributed by atoms with E-state index >= 15 is 0 Å². The SMILES string of the molecule is C=C1[C@@H](O)[C@@H]2O[C@]3(CCC(/C=C/[C@@H](C)[C@@H]4CC(C)=C[C@@]5(OC(C[C@@](C)(O)C(=O)O)CCC5O)O4)O3)CCC2O[C@@H]1[C@@H](O)C[C@H](C)C1CCC[C@]2(CCCCO2)O1. The molecular formula is C43H66O13. The van der Waals surface area contributed by atoms with Crippen molar-refractivity contribution in [1.82, 2.24) is 0 Å². The smallest absolute Gasteiger partial charge is 0.335 e. The second kappa shape index (κ2) is 16.7. The number of hydrogen-bond donors (Lipinski definition) is 5. The van der Waals surface area contributed by atoms with Crippen molar-refractivity contribution >= 4 is 5.97 Å². The predicted octanol–water partition coefficient (Wildman–Crippen LogP) is 4.97. The maximum atomic E-state index is 11.6. The molecule has 5 unspecified atom stereocenters. The lowest BCUT2D eigenvalue weighted by molar-refractivity contribution is -0.320. The highest BCUT2D eigenvalue weighted by Crippen LogP contribution is 2.47. The van der Waals surface area contributed by atoms with E-state index in [1.807, 2.05) is 19.9 Å². The Morgan fingerprint density at radius 3 is 2.48 bits per heavy atom. The molecule has 3 spiro atoms. The number of ether oxygens (including phenoxy) is 7. The van der Waals surface area contributed by atoms with Crippen LogP contribution in [0.15, 0.2) is 36.0 Å². The Hall–Kier alpha value is -1.75. The van der Waals surface area contributed by atoms with Gasteiger partial charge < -0.3 is 58.7 Å². The Morgan fingerprint density at radius 2 is 1.73 bits per heavy atom. The number of aliphatic carboxylic acids is 1. The minimum absolute atomic E-state index is 0.00993. The zero-order valence-corrected chi connectivity index (χ0v) is 33.7. The molecule has 13 nitrogen and oxygen atoms in total. The van der Waals surface area contributed by atoms with Gasteiger partial charge in [0.25, 0.3) is 0 Å². The molecule has 56 heavy (non-hydrogen) atoms.